The number of rotatable bonds is 7. The molecule has 2 heterocycles. The van der Waals surface area contributed by atoms with Crippen molar-refractivity contribution in [3.8, 4) is 5.75 Å². The molecule has 1 aliphatic rings. The van der Waals surface area contributed by atoms with Gasteiger partial charge in [0, 0.05) is 38.8 Å². The van der Waals surface area contributed by atoms with Crippen LogP contribution in [0.25, 0.3) is 0 Å². The molecule has 1 aromatic carbocycles. The van der Waals surface area contributed by atoms with E-state index in [1.54, 1.807) is 0 Å². The lowest BCUT2D eigenvalue weighted by atomic mass is 10.0. The number of guanidine groups is 1. The van der Waals surface area contributed by atoms with Gasteiger partial charge in [-0.05, 0) is 42.5 Å². The number of aromatic nitrogens is 2. The highest BCUT2D eigenvalue weighted by atomic mass is 127. The Bertz CT molecular complexity index is 772. The lowest BCUT2D eigenvalue weighted by Gasteiger charge is -2.21. The Labute approximate surface area is 191 Å². The van der Waals surface area contributed by atoms with Crippen LogP contribution in [0.3, 0.4) is 0 Å². The van der Waals surface area contributed by atoms with E-state index in [0.717, 1.165) is 44.4 Å². The first-order chi connectivity index (χ1) is 13.5. The fourth-order valence-corrected chi connectivity index (χ4v) is 3.42. The summed E-state index contributed by atoms with van der Waals surface area (Å²) >= 11 is 0. The summed E-state index contributed by atoms with van der Waals surface area (Å²) in [6, 6.07) is 8.28. The minimum Gasteiger partial charge on any atom is -0.493 e. The third-order valence-corrected chi connectivity index (χ3v) is 4.94. The molecule has 1 atom stereocenters. The maximum Gasteiger partial charge on any atom is 0.194 e. The predicted octanol–water partition coefficient (Wildman–Crippen LogP) is 4.03. The average molecular weight is 511 g/mol. The van der Waals surface area contributed by atoms with Crippen LogP contribution in [0, 0.1) is 5.92 Å². The van der Waals surface area contributed by atoms with Crippen molar-refractivity contribution >= 4 is 29.9 Å². The summed E-state index contributed by atoms with van der Waals surface area (Å²) in [6.07, 6.45) is 5.25. The fraction of sp³-hybridized carbons (Fsp3) is 0.545. The monoisotopic (exact) mass is 511 g/mol. The SMILES string of the molecule is CCNC(=NCc1ccc(OCC(C)C)cc1)N1CCC(c2cnn(C)c2)C1.I. The Kier molecular flexibility index (Phi) is 9.26. The zero-order valence-corrected chi connectivity index (χ0v) is 20.3. The van der Waals surface area contributed by atoms with E-state index >= 15 is 0 Å². The van der Waals surface area contributed by atoms with E-state index in [-0.39, 0.29) is 24.0 Å². The van der Waals surface area contributed by atoms with Crippen molar-refractivity contribution in [2.75, 3.05) is 26.2 Å². The van der Waals surface area contributed by atoms with Gasteiger partial charge in [-0.3, -0.25) is 4.68 Å². The van der Waals surface area contributed by atoms with Crippen molar-refractivity contribution in [1.82, 2.24) is 20.0 Å². The summed E-state index contributed by atoms with van der Waals surface area (Å²) < 4.78 is 7.64. The summed E-state index contributed by atoms with van der Waals surface area (Å²) in [6.45, 7) is 10.7. The maximum atomic E-state index is 5.76. The van der Waals surface area contributed by atoms with Gasteiger partial charge in [0.25, 0.3) is 0 Å². The van der Waals surface area contributed by atoms with Crippen LogP contribution in [0.5, 0.6) is 5.75 Å². The highest BCUT2D eigenvalue weighted by Gasteiger charge is 2.26. The zero-order valence-electron chi connectivity index (χ0n) is 18.0. The van der Waals surface area contributed by atoms with Crippen LogP contribution in [-0.2, 0) is 13.6 Å². The molecular weight excluding hydrogens is 477 g/mol. The third-order valence-electron chi connectivity index (χ3n) is 4.94. The second kappa shape index (κ2) is 11.4. The van der Waals surface area contributed by atoms with Crippen LogP contribution in [0.15, 0.2) is 41.7 Å². The molecule has 1 saturated heterocycles. The summed E-state index contributed by atoms with van der Waals surface area (Å²) in [5.74, 6) is 2.97. The molecule has 0 bridgehead atoms. The van der Waals surface area contributed by atoms with Gasteiger partial charge in [-0.25, -0.2) is 4.99 Å². The molecule has 160 valence electrons. The molecule has 7 heteroatoms. The molecule has 0 amide bonds. The van der Waals surface area contributed by atoms with E-state index in [2.05, 4.69) is 54.4 Å². The maximum absolute atomic E-state index is 5.76. The van der Waals surface area contributed by atoms with E-state index in [0.29, 0.717) is 18.4 Å². The molecule has 1 unspecified atom stereocenters. The molecule has 6 nitrogen and oxygen atoms in total. The van der Waals surface area contributed by atoms with Crippen LogP contribution >= 0.6 is 24.0 Å². The quantitative estimate of drug-likeness (QED) is 0.347. The van der Waals surface area contributed by atoms with Gasteiger partial charge in [0.05, 0.1) is 19.3 Å². The molecule has 29 heavy (non-hydrogen) atoms. The van der Waals surface area contributed by atoms with Crippen LogP contribution in [0.4, 0.5) is 0 Å². The van der Waals surface area contributed by atoms with Crippen LogP contribution < -0.4 is 10.1 Å². The van der Waals surface area contributed by atoms with Crippen molar-refractivity contribution in [2.45, 2.75) is 39.7 Å². The Hall–Kier alpha value is -1.77. The van der Waals surface area contributed by atoms with E-state index in [1.807, 2.05) is 30.1 Å². The average Bonchev–Trinajstić information content (AvgIpc) is 3.33. The minimum absolute atomic E-state index is 0. The molecule has 0 aliphatic carbocycles. The number of halogens is 1. The van der Waals surface area contributed by atoms with E-state index in [1.165, 1.54) is 11.1 Å². The van der Waals surface area contributed by atoms with Gasteiger partial charge in [0.15, 0.2) is 5.96 Å². The van der Waals surface area contributed by atoms with Crippen LogP contribution in [-0.4, -0.2) is 46.9 Å². The molecule has 1 fully saturated rings. The molecule has 0 radical (unpaired) electrons. The van der Waals surface area contributed by atoms with Gasteiger partial charge in [-0.2, -0.15) is 5.10 Å². The van der Waals surface area contributed by atoms with Gasteiger partial charge in [0.2, 0.25) is 0 Å². The zero-order chi connectivity index (χ0) is 19.9. The lowest BCUT2D eigenvalue weighted by molar-refractivity contribution is 0.271. The Morgan fingerprint density at radius 2 is 2.07 bits per heavy atom. The molecule has 0 saturated carbocycles. The van der Waals surface area contributed by atoms with Gasteiger partial charge in [-0.1, -0.05) is 26.0 Å². The highest BCUT2D eigenvalue weighted by Crippen LogP contribution is 2.26. The summed E-state index contributed by atoms with van der Waals surface area (Å²) in [7, 11) is 1.97. The topological polar surface area (TPSA) is 54.7 Å². The first kappa shape index (κ1) is 23.5. The van der Waals surface area contributed by atoms with Crippen molar-refractivity contribution < 1.29 is 4.74 Å². The molecular formula is C22H34IN5O. The number of likely N-dealkylation sites (tertiary alicyclic amines) is 1. The Morgan fingerprint density at radius 3 is 2.69 bits per heavy atom. The summed E-state index contributed by atoms with van der Waals surface area (Å²) in [5.41, 5.74) is 2.51. The number of ether oxygens (including phenoxy) is 1. The largest absolute Gasteiger partial charge is 0.493 e. The number of benzene rings is 1. The third kappa shape index (κ3) is 6.90. The molecule has 3 rings (SSSR count). The van der Waals surface area contributed by atoms with Crippen molar-refractivity contribution in [3.05, 3.63) is 47.8 Å². The normalized spacial score (nSPS) is 16.8. The highest BCUT2D eigenvalue weighted by molar-refractivity contribution is 14.0. The predicted molar refractivity (Wildman–Crippen MR) is 129 cm³/mol. The number of aliphatic imine (C=N–C) groups is 1. The second-order valence-electron chi connectivity index (χ2n) is 7.90. The molecule has 1 aromatic heterocycles. The second-order valence-corrected chi connectivity index (χ2v) is 7.90. The summed E-state index contributed by atoms with van der Waals surface area (Å²) in [5, 5.41) is 7.76. The number of hydrogen-bond acceptors (Lipinski definition) is 3. The van der Waals surface area contributed by atoms with Gasteiger partial charge in [-0.15, -0.1) is 24.0 Å². The molecule has 0 spiro atoms. The van der Waals surface area contributed by atoms with E-state index in [4.69, 9.17) is 9.73 Å². The van der Waals surface area contributed by atoms with Crippen LogP contribution in [0.1, 0.15) is 44.2 Å². The Morgan fingerprint density at radius 1 is 1.31 bits per heavy atom. The Balaban J connectivity index is 0.00000300. The van der Waals surface area contributed by atoms with Gasteiger partial charge in [0.1, 0.15) is 5.75 Å². The molecule has 1 aliphatic heterocycles. The lowest BCUT2D eigenvalue weighted by Crippen LogP contribution is -2.40. The number of nitrogens with zero attached hydrogens (tertiary/aromatic N) is 4. The smallest absolute Gasteiger partial charge is 0.194 e. The fourth-order valence-electron chi connectivity index (χ4n) is 3.42. The molecule has 2 aromatic rings. The standard InChI is InChI=1S/C22H33N5O.HI/c1-5-23-22(27-11-10-19(15-27)20-13-25-26(4)14-20)24-12-18-6-8-21(9-7-18)28-16-17(2)3;/h6-9,13-14,17,19H,5,10-12,15-16H2,1-4H3,(H,23,24);1H. The van der Waals surface area contributed by atoms with Gasteiger partial charge < -0.3 is 15.0 Å². The first-order valence-electron chi connectivity index (χ1n) is 10.3. The molecule has 1 N–H and O–H groups in total. The minimum atomic E-state index is 0. The number of aryl methyl sites for hydroxylation is 1. The number of hydrogen-bond donors (Lipinski definition) is 1. The summed E-state index contributed by atoms with van der Waals surface area (Å²) in [4.78, 5) is 7.24. The van der Waals surface area contributed by atoms with E-state index < -0.39 is 0 Å². The van der Waals surface area contributed by atoms with E-state index in [9.17, 15) is 0 Å². The first-order valence-corrected chi connectivity index (χ1v) is 10.3. The van der Waals surface area contributed by atoms with Crippen molar-refractivity contribution in [3.63, 3.8) is 0 Å². The van der Waals surface area contributed by atoms with Crippen molar-refractivity contribution in [2.24, 2.45) is 18.0 Å². The van der Waals surface area contributed by atoms with Crippen LogP contribution in [0.2, 0.25) is 0 Å². The number of nitrogens with one attached hydrogen (secondary N) is 1. The van der Waals surface area contributed by atoms with Gasteiger partial charge >= 0.3 is 0 Å². The van der Waals surface area contributed by atoms with Crippen molar-refractivity contribution in [1.29, 1.82) is 0 Å².